The number of aromatic nitrogens is 2. The fourth-order valence-corrected chi connectivity index (χ4v) is 2.01. The predicted molar refractivity (Wildman–Crippen MR) is 69.0 cm³/mol. The van der Waals surface area contributed by atoms with E-state index in [9.17, 15) is 0 Å². The Balaban J connectivity index is 1.99. The largest absolute Gasteiger partial charge is 0.444 e. The zero-order valence-electron chi connectivity index (χ0n) is 10.3. The number of rotatable bonds is 3. The molecule has 0 radical (unpaired) electrons. The quantitative estimate of drug-likeness (QED) is 0.777. The predicted octanol–water partition coefficient (Wildman–Crippen LogP) is 3.66. The first-order valence-electron chi connectivity index (χ1n) is 5.55. The molecule has 17 heavy (non-hydrogen) atoms. The van der Waals surface area contributed by atoms with E-state index in [0.717, 1.165) is 16.7 Å². The average Bonchev–Trinajstić information content (AvgIpc) is 2.76. The van der Waals surface area contributed by atoms with Gasteiger partial charge < -0.3 is 4.42 Å². The lowest BCUT2D eigenvalue weighted by atomic mass is 9.94. The third kappa shape index (κ3) is 3.33. The molecule has 0 N–H and O–H groups in total. The standard InChI is InChI=1S/C13H16N2OS/c1-13(2,3)10-8-15-11(16-10)9-17-12-6-4-5-7-14-12/h4-8H,9H2,1-3H3. The molecule has 0 saturated heterocycles. The van der Waals surface area contributed by atoms with Crippen LogP contribution in [0.3, 0.4) is 0 Å². The van der Waals surface area contributed by atoms with Gasteiger partial charge in [-0.1, -0.05) is 38.6 Å². The van der Waals surface area contributed by atoms with Crippen LogP contribution in [0.25, 0.3) is 0 Å². The van der Waals surface area contributed by atoms with Crippen LogP contribution in [0.5, 0.6) is 0 Å². The summed E-state index contributed by atoms with van der Waals surface area (Å²) >= 11 is 1.63. The minimum Gasteiger partial charge on any atom is -0.444 e. The number of hydrogen-bond acceptors (Lipinski definition) is 4. The second-order valence-corrected chi connectivity index (χ2v) is 5.82. The molecule has 0 bridgehead atoms. The summed E-state index contributed by atoms with van der Waals surface area (Å²) in [6.07, 6.45) is 3.60. The third-order valence-corrected chi connectivity index (χ3v) is 3.20. The highest BCUT2D eigenvalue weighted by Crippen LogP contribution is 2.25. The highest BCUT2D eigenvalue weighted by Gasteiger charge is 2.19. The van der Waals surface area contributed by atoms with E-state index in [-0.39, 0.29) is 5.41 Å². The average molecular weight is 248 g/mol. The summed E-state index contributed by atoms with van der Waals surface area (Å²) in [6, 6.07) is 5.87. The van der Waals surface area contributed by atoms with Crippen molar-refractivity contribution >= 4 is 11.8 Å². The highest BCUT2D eigenvalue weighted by atomic mass is 32.2. The second-order valence-electron chi connectivity index (χ2n) is 4.82. The first-order chi connectivity index (χ1) is 8.05. The van der Waals surface area contributed by atoms with E-state index in [0.29, 0.717) is 5.75 Å². The van der Waals surface area contributed by atoms with Crippen molar-refractivity contribution in [2.45, 2.75) is 37.0 Å². The van der Waals surface area contributed by atoms with Gasteiger partial charge in [0, 0.05) is 11.6 Å². The Morgan fingerprint density at radius 3 is 2.65 bits per heavy atom. The maximum absolute atomic E-state index is 5.71. The Hall–Kier alpha value is -1.29. The van der Waals surface area contributed by atoms with Crippen molar-refractivity contribution in [2.75, 3.05) is 0 Å². The van der Waals surface area contributed by atoms with Crippen molar-refractivity contribution in [3.8, 4) is 0 Å². The lowest BCUT2D eigenvalue weighted by Crippen LogP contribution is -2.09. The molecule has 3 nitrogen and oxygen atoms in total. The molecule has 0 aliphatic rings. The van der Waals surface area contributed by atoms with Gasteiger partial charge in [-0.15, -0.1) is 0 Å². The monoisotopic (exact) mass is 248 g/mol. The summed E-state index contributed by atoms with van der Waals surface area (Å²) < 4.78 is 5.71. The van der Waals surface area contributed by atoms with E-state index < -0.39 is 0 Å². The highest BCUT2D eigenvalue weighted by molar-refractivity contribution is 7.98. The van der Waals surface area contributed by atoms with Gasteiger partial charge >= 0.3 is 0 Å². The molecule has 0 saturated carbocycles. The minimum absolute atomic E-state index is 0.0148. The maximum atomic E-state index is 5.71. The number of pyridine rings is 1. The Bertz CT molecular complexity index is 474. The SMILES string of the molecule is CC(C)(C)c1cnc(CSc2ccccn2)o1. The molecule has 0 atom stereocenters. The third-order valence-electron chi connectivity index (χ3n) is 2.27. The van der Waals surface area contributed by atoms with Gasteiger partial charge in [0.1, 0.15) is 5.76 Å². The normalized spacial score (nSPS) is 11.7. The second kappa shape index (κ2) is 4.92. The molecule has 2 rings (SSSR count). The van der Waals surface area contributed by atoms with Gasteiger partial charge in [0.25, 0.3) is 0 Å². The van der Waals surface area contributed by atoms with Gasteiger partial charge in [-0.2, -0.15) is 0 Å². The molecule has 0 amide bonds. The Morgan fingerprint density at radius 1 is 1.24 bits per heavy atom. The van der Waals surface area contributed by atoms with E-state index in [4.69, 9.17) is 4.42 Å². The number of oxazole rings is 1. The number of hydrogen-bond donors (Lipinski definition) is 0. The van der Waals surface area contributed by atoms with Crippen LogP contribution in [-0.4, -0.2) is 9.97 Å². The van der Waals surface area contributed by atoms with Crippen LogP contribution in [0.4, 0.5) is 0 Å². The van der Waals surface area contributed by atoms with Crippen LogP contribution in [0.1, 0.15) is 32.4 Å². The Morgan fingerprint density at radius 2 is 2.06 bits per heavy atom. The Kier molecular flexibility index (Phi) is 3.52. The van der Waals surface area contributed by atoms with E-state index in [1.807, 2.05) is 24.4 Å². The van der Waals surface area contributed by atoms with Crippen molar-refractivity contribution < 1.29 is 4.42 Å². The molecule has 90 valence electrons. The first-order valence-corrected chi connectivity index (χ1v) is 6.53. The lowest BCUT2D eigenvalue weighted by molar-refractivity contribution is 0.391. The van der Waals surface area contributed by atoms with Gasteiger partial charge in [0.15, 0.2) is 0 Å². The van der Waals surface area contributed by atoms with Crippen LogP contribution < -0.4 is 0 Å². The maximum Gasteiger partial charge on any atom is 0.204 e. The van der Waals surface area contributed by atoms with Gasteiger partial charge in [-0.3, -0.25) is 0 Å². The zero-order valence-corrected chi connectivity index (χ0v) is 11.1. The summed E-state index contributed by atoms with van der Waals surface area (Å²) in [6.45, 7) is 6.34. The van der Waals surface area contributed by atoms with Gasteiger partial charge in [0.2, 0.25) is 5.89 Å². The topological polar surface area (TPSA) is 38.9 Å². The van der Waals surface area contributed by atoms with E-state index >= 15 is 0 Å². The molecule has 0 unspecified atom stereocenters. The molecule has 0 fully saturated rings. The van der Waals surface area contributed by atoms with Crippen LogP contribution in [-0.2, 0) is 11.2 Å². The van der Waals surface area contributed by atoms with Crippen LogP contribution in [0.2, 0.25) is 0 Å². The molecule has 2 aromatic rings. The van der Waals surface area contributed by atoms with E-state index in [1.165, 1.54) is 0 Å². The Labute approximate surface area is 106 Å². The molecule has 0 spiro atoms. The number of nitrogens with zero attached hydrogens (tertiary/aromatic N) is 2. The summed E-state index contributed by atoms with van der Waals surface area (Å²) in [5.41, 5.74) is 0.0148. The molecule has 4 heteroatoms. The fraction of sp³-hybridized carbons (Fsp3) is 0.385. The lowest BCUT2D eigenvalue weighted by Gasteiger charge is -2.12. The van der Waals surface area contributed by atoms with Crippen LogP contribution in [0.15, 0.2) is 40.0 Å². The van der Waals surface area contributed by atoms with Crippen molar-refractivity contribution in [1.82, 2.24) is 9.97 Å². The molecular weight excluding hydrogens is 232 g/mol. The molecular formula is C13H16N2OS. The fourth-order valence-electron chi connectivity index (χ4n) is 1.29. The van der Waals surface area contributed by atoms with Crippen molar-refractivity contribution in [2.24, 2.45) is 0 Å². The zero-order chi connectivity index (χ0) is 12.3. The first kappa shape index (κ1) is 12.2. The summed E-state index contributed by atoms with van der Waals surface area (Å²) in [5.74, 6) is 2.40. The van der Waals surface area contributed by atoms with Crippen molar-refractivity contribution in [3.63, 3.8) is 0 Å². The van der Waals surface area contributed by atoms with Gasteiger partial charge in [0.05, 0.1) is 17.0 Å². The van der Waals surface area contributed by atoms with Crippen LogP contribution >= 0.6 is 11.8 Å². The minimum atomic E-state index is 0.0148. The van der Waals surface area contributed by atoms with Crippen LogP contribution in [0, 0.1) is 0 Å². The van der Waals surface area contributed by atoms with E-state index in [2.05, 4.69) is 30.7 Å². The molecule has 0 aliphatic heterocycles. The molecule has 0 aromatic carbocycles. The number of thioether (sulfide) groups is 1. The van der Waals surface area contributed by atoms with Crippen molar-refractivity contribution in [1.29, 1.82) is 0 Å². The van der Waals surface area contributed by atoms with E-state index in [1.54, 1.807) is 18.0 Å². The molecule has 2 aromatic heterocycles. The summed E-state index contributed by atoms with van der Waals surface area (Å²) in [7, 11) is 0. The summed E-state index contributed by atoms with van der Waals surface area (Å²) in [5, 5.41) is 0.989. The van der Waals surface area contributed by atoms with Gasteiger partial charge in [-0.05, 0) is 12.1 Å². The van der Waals surface area contributed by atoms with Gasteiger partial charge in [-0.25, -0.2) is 9.97 Å². The van der Waals surface area contributed by atoms with Crippen molar-refractivity contribution in [3.05, 3.63) is 42.2 Å². The molecule has 2 heterocycles. The molecule has 0 aliphatic carbocycles. The smallest absolute Gasteiger partial charge is 0.204 e. The summed E-state index contributed by atoms with van der Waals surface area (Å²) in [4.78, 5) is 8.53.